The van der Waals surface area contributed by atoms with Crippen LogP contribution < -0.4 is 5.32 Å². The molecule has 0 spiro atoms. The Hall–Kier alpha value is -1.62. The van der Waals surface area contributed by atoms with Crippen LogP contribution in [-0.2, 0) is 0 Å². The molecule has 0 atom stereocenters. The molecule has 0 aromatic heterocycles. The second kappa shape index (κ2) is 6.79. The number of nitro groups is 1. The van der Waals surface area contributed by atoms with Crippen LogP contribution >= 0.6 is 0 Å². The maximum absolute atomic E-state index is 10.7. The lowest BCUT2D eigenvalue weighted by Gasteiger charge is -2.06. The van der Waals surface area contributed by atoms with Crippen molar-refractivity contribution in [3.63, 3.8) is 0 Å². The van der Waals surface area contributed by atoms with Gasteiger partial charge in [-0.2, -0.15) is 0 Å². The zero-order chi connectivity index (χ0) is 11.8. The molecule has 0 saturated heterocycles. The molecule has 0 heterocycles. The molecule has 0 amide bonds. The number of rotatable bonds is 7. The molecule has 0 aliphatic carbocycles. The molecule has 0 fully saturated rings. The summed E-state index contributed by atoms with van der Waals surface area (Å²) in [6.07, 6.45) is 2.59. The number of unbranched alkanes of at least 4 members (excludes halogenated alkanes) is 2. The summed E-state index contributed by atoms with van der Waals surface area (Å²) < 4.78 is 0. The number of benzene rings is 1. The van der Waals surface area contributed by atoms with Crippen LogP contribution in [0.3, 0.4) is 0 Å². The molecule has 0 unspecified atom stereocenters. The molecule has 1 rings (SSSR count). The molecule has 0 bridgehead atoms. The van der Waals surface area contributed by atoms with E-state index < -0.39 is 4.92 Å². The summed E-state index contributed by atoms with van der Waals surface area (Å²) in [5.41, 5.74) is 0.654. The van der Waals surface area contributed by atoms with E-state index in [-0.39, 0.29) is 12.3 Å². The predicted molar refractivity (Wildman–Crippen MR) is 62.5 cm³/mol. The van der Waals surface area contributed by atoms with Gasteiger partial charge in [0.2, 0.25) is 0 Å². The first-order chi connectivity index (χ1) is 7.75. The standard InChI is InChI=1S/C11H16N2O3/c14-9-5-1-4-8-12-10-6-2-3-7-11(10)13(15)16/h2-3,6-7,12,14H,1,4-5,8-9H2. The van der Waals surface area contributed by atoms with Crippen LogP contribution in [0, 0.1) is 10.1 Å². The predicted octanol–water partition coefficient (Wildman–Crippen LogP) is 2.17. The van der Waals surface area contributed by atoms with Crippen LogP contribution in [0.2, 0.25) is 0 Å². The van der Waals surface area contributed by atoms with Gasteiger partial charge in [0.25, 0.3) is 5.69 Å². The largest absolute Gasteiger partial charge is 0.396 e. The van der Waals surface area contributed by atoms with Gasteiger partial charge in [-0.15, -0.1) is 0 Å². The van der Waals surface area contributed by atoms with Gasteiger partial charge < -0.3 is 10.4 Å². The topological polar surface area (TPSA) is 75.4 Å². The van der Waals surface area contributed by atoms with Crippen LogP contribution in [0.4, 0.5) is 11.4 Å². The van der Waals surface area contributed by atoms with Crippen molar-refractivity contribution in [1.29, 1.82) is 0 Å². The number of nitrogens with one attached hydrogen (secondary N) is 1. The van der Waals surface area contributed by atoms with E-state index in [4.69, 9.17) is 5.11 Å². The summed E-state index contributed by atoms with van der Waals surface area (Å²) >= 11 is 0. The monoisotopic (exact) mass is 224 g/mol. The Bertz CT molecular complexity index is 342. The first kappa shape index (κ1) is 12.4. The molecule has 0 aliphatic heterocycles. The van der Waals surface area contributed by atoms with E-state index in [2.05, 4.69) is 5.32 Å². The van der Waals surface area contributed by atoms with Gasteiger partial charge in [-0.3, -0.25) is 10.1 Å². The molecule has 16 heavy (non-hydrogen) atoms. The summed E-state index contributed by atoms with van der Waals surface area (Å²) in [6.45, 7) is 0.885. The Balaban J connectivity index is 2.44. The van der Waals surface area contributed by atoms with Crippen molar-refractivity contribution >= 4 is 11.4 Å². The highest BCUT2D eigenvalue weighted by atomic mass is 16.6. The van der Waals surface area contributed by atoms with E-state index in [9.17, 15) is 10.1 Å². The van der Waals surface area contributed by atoms with E-state index in [1.165, 1.54) is 6.07 Å². The molecule has 5 nitrogen and oxygen atoms in total. The summed E-state index contributed by atoms with van der Waals surface area (Å²) in [5, 5.41) is 22.3. The Labute approximate surface area is 94.3 Å². The highest BCUT2D eigenvalue weighted by molar-refractivity contribution is 5.60. The number of aliphatic hydroxyl groups excluding tert-OH is 1. The molecule has 2 N–H and O–H groups in total. The third-order valence-corrected chi connectivity index (χ3v) is 2.25. The van der Waals surface area contributed by atoms with Crippen molar-refractivity contribution in [2.45, 2.75) is 19.3 Å². The zero-order valence-corrected chi connectivity index (χ0v) is 9.06. The van der Waals surface area contributed by atoms with E-state index in [0.717, 1.165) is 19.3 Å². The third kappa shape index (κ3) is 3.86. The molecule has 1 aromatic carbocycles. The van der Waals surface area contributed by atoms with Crippen molar-refractivity contribution in [2.75, 3.05) is 18.5 Å². The highest BCUT2D eigenvalue weighted by Gasteiger charge is 2.10. The van der Waals surface area contributed by atoms with Crippen LogP contribution in [0.25, 0.3) is 0 Å². The maximum Gasteiger partial charge on any atom is 0.292 e. The first-order valence-corrected chi connectivity index (χ1v) is 5.34. The minimum atomic E-state index is -0.393. The zero-order valence-electron chi connectivity index (χ0n) is 9.06. The van der Waals surface area contributed by atoms with E-state index in [0.29, 0.717) is 12.2 Å². The smallest absolute Gasteiger partial charge is 0.292 e. The van der Waals surface area contributed by atoms with Crippen LogP contribution in [0.1, 0.15) is 19.3 Å². The minimum absolute atomic E-state index is 0.102. The normalized spacial score (nSPS) is 10.1. The molecule has 0 radical (unpaired) electrons. The first-order valence-electron chi connectivity index (χ1n) is 5.34. The lowest BCUT2D eigenvalue weighted by molar-refractivity contribution is -0.384. The molecular weight excluding hydrogens is 208 g/mol. The Morgan fingerprint density at radius 2 is 2.00 bits per heavy atom. The lowest BCUT2D eigenvalue weighted by Crippen LogP contribution is -2.04. The lowest BCUT2D eigenvalue weighted by atomic mass is 10.2. The minimum Gasteiger partial charge on any atom is -0.396 e. The number of para-hydroxylation sites is 2. The summed E-state index contributed by atoms with van der Waals surface area (Å²) in [7, 11) is 0. The molecule has 0 saturated carbocycles. The molecule has 0 aliphatic rings. The number of anilines is 1. The molecular formula is C11H16N2O3. The van der Waals surface area contributed by atoms with Gasteiger partial charge in [-0.05, 0) is 25.3 Å². The van der Waals surface area contributed by atoms with E-state index >= 15 is 0 Å². The fourth-order valence-electron chi connectivity index (χ4n) is 1.42. The van der Waals surface area contributed by atoms with Crippen molar-refractivity contribution in [3.05, 3.63) is 34.4 Å². The number of hydrogen-bond acceptors (Lipinski definition) is 4. The fraction of sp³-hybridized carbons (Fsp3) is 0.455. The van der Waals surface area contributed by atoms with Crippen molar-refractivity contribution < 1.29 is 10.0 Å². The van der Waals surface area contributed by atoms with Crippen LogP contribution in [0.15, 0.2) is 24.3 Å². The Morgan fingerprint density at radius 3 is 2.69 bits per heavy atom. The van der Waals surface area contributed by atoms with Crippen LogP contribution in [-0.4, -0.2) is 23.2 Å². The molecule has 5 heteroatoms. The second-order valence-electron chi connectivity index (χ2n) is 3.49. The van der Waals surface area contributed by atoms with Gasteiger partial charge in [0.15, 0.2) is 0 Å². The van der Waals surface area contributed by atoms with E-state index in [1.54, 1.807) is 18.2 Å². The third-order valence-electron chi connectivity index (χ3n) is 2.25. The van der Waals surface area contributed by atoms with Gasteiger partial charge in [0.05, 0.1) is 4.92 Å². The van der Waals surface area contributed by atoms with Gasteiger partial charge in [-0.1, -0.05) is 12.1 Å². The van der Waals surface area contributed by atoms with Gasteiger partial charge in [-0.25, -0.2) is 0 Å². The van der Waals surface area contributed by atoms with Crippen molar-refractivity contribution in [2.24, 2.45) is 0 Å². The summed E-state index contributed by atoms with van der Waals surface area (Å²) in [5.74, 6) is 0. The van der Waals surface area contributed by atoms with Gasteiger partial charge in [0.1, 0.15) is 5.69 Å². The Morgan fingerprint density at radius 1 is 1.25 bits per heavy atom. The number of nitro benzene ring substituents is 1. The van der Waals surface area contributed by atoms with Gasteiger partial charge in [0, 0.05) is 19.2 Å². The van der Waals surface area contributed by atoms with Crippen LogP contribution in [0.5, 0.6) is 0 Å². The van der Waals surface area contributed by atoms with Crippen molar-refractivity contribution in [3.8, 4) is 0 Å². The van der Waals surface area contributed by atoms with Crippen molar-refractivity contribution in [1.82, 2.24) is 0 Å². The Kier molecular flexibility index (Phi) is 5.28. The maximum atomic E-state index is 10.7. The quantitative estimate of drug-likeness (QED) is 0.423. The highest BCUT2D eigenvalue weighted by Crippen LogP contribution is 2.22. The average molecular weight is 224 g/mol. The number of hydrogen-bond donors (Lipinski definition) is 2. The molecule has 1 aromatic rings. The van der Waals surface area contributed by atoms with Gasteiger partial charge >= 0.3 is 0 Å². The molecule has 88 valence electrons. The fourth-order valence-corrected chi connectivity index (χ4v) is 1.42. The second-order valence-corrected chi connectivity index (χ2v) is 3.49. The number of aliphatic hydroxyl groups is 1. The number of nitrogens with zero attached hydrogens (tertiary/aromatic N) is 1. The summed E-state index contributed by atoms with van der Waals surface area (Å²) in [6, 6.07) is 6.60. The SMILES string of the molecule is O=[N+]([O-])c1ccccc1NCCCCCO. The average Bonchev–Trinajstić information content (AvgIpc) is 2.29. The van der Waals surface area contributed by atoms with E-state index in [1.807, 2.05) is 0 Å². The summed E-state index contributed by atoms with van der Waals surface area (Å²) in [4.78, 5) is 10.3.